The first-order valence-electron chi connectivity index (χ1n) is 7.53. The summed E-state index contributed by atoms with van der Waals surface area (Å²) in [7, 11) is 1.69. The standard InChI is InChI=1S/C17H25N3O/c1-5-17(14-6-8-16(21-4)9-7-14)19-11-15-10-18-12-20(15)13(2)3/h6-10,12-13,17,19H,5,11H2,1-4H3. The third-order valence-corrected chi connectivity index (χ3v) is 3.76. The van der Waals surface area contributed by atoms with Gasteiger partial charge in [0.1, 0.15) is 5.75 Å². The molecule has 2 aromatic rings. The number of aromatic nitrogens is 2. The minimum Gasteiger partial charge on any atom is -0.497 e. The normalized spacial score (nSPS) is 12.6. The fraction of sp³-hybridized carbons (Fsp3) is 0.471. The number of rotatable bonds is 7. The smallest absolute Gasteiger partial charge is 0.118 e. The minimum absolute atomic E-state index is 0.339. The van der Waals surface area contributed by atoms with Crippen molar-refractivity contribution in [3.05, 3.63) is 48.0 Å². The van der Waals surface area contributed by atoms with Gasteiger partial charge in [0.05, 0.1) is 19.1 Å². The van der Waals surface area contributed by atoms with Gasteiger partial charge in [-0.2, -0.15) is 0 Å². The average Bonchev–Trinajstić information content (AvgIpc) is 2.97. The largest absolute Gasteiger partial charge is 0.497 e. The highest BCUT2D eigenvalue weighted by Gasteiger charge is 2.11. The Hall–Kier alpha value is -1.81. The lowest BCUT2D eigenvalue weighted by molar-refractivity contribution is 0.414. The Morgan fingerprint density at radius 3 is 2.52 bits per heavy atom. The molecule has 1 atom stereocenters. The first kappa shape index (κ1) is 15.6. The van der Waals surface area contributed by atoms with Gasteiger partial charge in [0.15, 0.2) is 0 Å². The maximum Gasteiger partial charge on any atom is 0.118 e. The summed E-state index contributed by atoms with van der Waals surface area (Å²) < 4.78 is 7.41. The van der Waals surface area contributed by atoms with Gasteiger partial charge >= 0.3 is 0 Å². The molecular weight excluding hydrogens is 262 g/mol. The summed E-state index contributed by atoms with van der Waals surface area (Å²) in [6.07, 6.45) is 4.88. The van der Waals surface area contributed by atoms with Crippen LogP contribution >= 0.6 is 0 Å². The van der Waals surface area contributed by atoms with Crippen LogP contribution in [0, 0.1) is 0 Å². The molecule has 4 nitrogen and oxygen atoms in total. The average molecular weight is 287 g/mol. The van der Waals surface area contributed by atoms with Crippen molar-refractivity contribution in [1.82, 2.24) is 14.9 Å². The number of nitrogens with one attached hydrogen (secondary N) is 1. The zero-order valence-corrected chi connectivity index (χ0v) is 13.3. The van der Waals surface area contributed by atoms with Crippen LogP contribution in [-0.2, 0) is 6.54 Å². The van der Waals surface area contributed by atoms with E-state index in [4.69, 9.17) is 4.74 Å². The van der Waals surface area contributed by atoms with Crippen LogP contribution < -0.4 is 10.1 Å². The number of hydrogen-bond acceptors (Lipinski definition) is 3. The van der Waals surface area contributed by atoms with Crippen molar-refractivity contribution in [3.63, 3.8) is 0 Å². The van der Waals surface area contributed by atoms with E-state index < -0.39 is 0 Å². The summed E-state index contributed by atoms with van der Waals surface area (Å²) in [5, 5.41) is 3.62. The molecule has 1 aromatic heterocycles. The van der Waals surface area contributed by atoms with Crippen molar-refractivity contribution < 1.29 is 4.74 Å². The summed E-state index contributed by atoms with van der Waals surface area (Å²) in [4.78, 5) is 4.25. The lowest BCUT2D eigenvalue weighted by atomic mass is 10.0. The number of hydrogen-bond donors (Lipinski definition) is 1. The van der Waals surface area contributed by atoms with Gasteiger partial charge in [-0.15, -0.1) is 0 Å². The molecule has 1 aromatic carbocycles. The van der Waals surface area contributed by atoms with Crippen LogP contribution in [0.15, 0.2) is 36.8 Å². The van der Waals surface area contributed by atoms with Crippen molar-refractivity contribution in [3.8, 4) is 5.75 Å². The molecule has 0 aliphatic rings. The third-order valence-electron chi connectivity index (χ3n) is 3.76. The topological polar surface area (TPSA) is 39.1 Å². The molecule has 0 saturated carbocycles. The van der Waals surface area contributed by atoms with Crippen molar-refractivity contribution >= 4 is 0 Å². The predicted molar refractivity (Wildman–Crippen MR) is 85.5 cm³/mol. The molecule has 0 saturated heterocycles. The molecule has 21 heavy (non-hydrogen) atoms. The van der Waals surface area contributed by atoms with Gasteiger partial charge in [0, 0.05) is 24.8 Å². The van der Waals surface area contributed by atoms with Gasteiger partial charge in [-0.05, 0) is 38.0 Å². The summed E-state index contributed by atoms with van der Waals surface area (Å²) >= 11 is 0. The fourth-order valence-electron chi connectivity index (χ4n) is 2.50. The second-order valence-corrected chi connectivity index (χ2v) is 5.50. The second-order valence-electron chi connectivity index (χ2n) is 5.50. The van der Waals surface area contributed by atoms with Gasteiger partial charge in [-0.25, -0.2) is 4.98 Å². The molecule has 0 amide bonds. The SMILES string of the molecule is CCC(NCc1cncn1C(C)C)c1ccc(OC)cc1. The zero-order valence-electron chi connectivity index (χ0n) is 13.3. The molecule has 0 aliphatic heterocycles. The molecule has 1 N–H and O–H groups in total. The van der Waals surface area contributed by atoms with Crippen molar-refractivity contribution in [1.29, 1.82) is 0 Å². The van der Waals surface area contributed by atoms with Gasteiger partial charge in [-0.3, -0.25) is 0 Å². The predicted octanol–water partition coefficient (Wildman–Crippen LogP) is 3.71. The summed E-state index contributed by atoms with van der Waals surface area (Å²) in [6, 6.07) is 9.05. The maximum absolute atomic E-state index is 5.21. The van der Waals surface area contributed by atoms with Crippen molar-refractivity contribution in [2.24, 2.45) is 0 Å². The molecule has 114 valence electrons. The molecule has 0 fully saturated rings. The minimum atomic E-state index is 0.339. The number of imidazole rings is 1. The quantitative estimate of drug-likeness (QED) is 0.843. The Labute approximate surface area is 127 Å². The second kappa shape index (κ2) is 7.27. The van der Waals surface area contributed by atoms with Gasteiger partial charge in [0.25, 0.3) is 0 Å². The van der Waals surface area contributed by atoms with E-state index in [0.717, 1.165) is 18.7 Å². The molecule has 2 rings (SSSR count). The highest BCUT2D eigenvalue weighted by atomic mass is 16.5. The molecule has 1 unspecified atom stereocenters. The number of nitrogens with zero attached hydrogens (tertiary/aromatic N) is 2. The van der Waals surface area contributed by atoms with E-state index in [2.05, 4.69) is 47.8 Å². The number of ether oxygens (including phenoxy) is 1. The van der Waals surface area contributed by atoms with Gasteiger partial charge in [0.2, 0.25) is 0 Å². The van der Waals surface area contributed by atoms with Crippen LogP contribution in [0.3, 0.4) is 0 Å². The van der Waals surface area contributed by atoms with E-state index in [9.17, 15) is 0 Å². The molecule has 0 aliphatic carbocycles. The molecule has 1 heterocycles. The number of benzene rings is 1. The lowest BCUT2D eigenvalue weighted by Gasteiger charge is -2.19. The van der Waals surface area contributed by atoms with Crippen molar-refractivity contribution in [2.75, 3.05) is 7.11 Å². The third kappa shape index (κ3) is 3.85. The first-order chi connectivity index (χ1) is 10.2. The van der Waals surface area contributed by atoms with E-state index in [0.29, 0.717) is 12.1 Å². The Kier molecular flexibility index (Phi) is 5.39. The van der Waals surface area contributed by atoms with E-state index in [-0.39, 0.29) is 0 Å². The summed E-state index contributed by atoms with van der Waals surface area (Å²) in [6.45, 7) is 7.36. The van der Waals surface area contributed by atoms with Gasteiger partial charge < -0.3 is 14.6 Å². The highest BCUT2D eigenvalue weighted by molar-refractivity contribution is 5.29. The molecule has 0 radical (unpaired) electrons. The van der Waals surface area contributed by atoms with Crippen LogP contribution in [0.4, 0.5) is 0 Å². The Morgan fingerprint density at radius 1 is 1.24 bits per heavy atom. The zero-order chi connectivity index (χ0) is 15.2. The monoisotopic (exact) mass is 287 g/mol. The van der Waals surface area contributed by atoms with Crippen LogP contribution in [-0.4, -0.2) is 16.7 Å². The van der Waals surface area contributed by atoms with Crippen molar-refractivity contribution in [2.45, 2.75) is 45.8 Å². The van der Waals surface area contributed by atoms with E-state index >= 15 is 0 Å². The molecule has 0 spiro atoms. The van der Waals surface area contributed by atoms with Crippen LogP contribution in [0.2, 0.25) is 0 Å². The fourth-order valence-corrected chi connectivity index (χ4v) is 2.50. The van der Waals surface area contributed by atoms with E-state index in [1.54, 1.807) is 7.11 Å². The molecule has 4 heteroatoms. The van der Waals surface area contributed by atoms with E-state index in [1.165, 1.54) is 11.3 Å². The first-order valence-corrected chi connectivity index (χ1v) is 7.53. The van der Waals surface area contributed by atoms with Crippen LogP contribution in [0.5, 0.6) is 5.75 Å². The van der Waals surface area contributed by atoms with Crippen LogP contribution in [0.25, 0.3) is 0 Å². The summed E-state index contributed by atoms with van der Waals surface area (Å²) in [5.41, 5.74) is 2.51. The lowest BCUT2D eigenvalue weighted by Crippen LogP contribution is -2.22. The Bertz CT molecular complexity index is 545. The van der Waals surface area contributed by atoms with Gasteiger partial charge in [-0.1, -0.05) is 19.1 Å². The summed E-state index contributed by atoms with van der Waals surface area (Å²) in [5.74, 6) is 0.895. The molecule has 0 bridgehead atoms. The van der Waals surface area contributed by atoms with Crippen LogP contribution in [0.1, 0.15) is 50.5 Å². The molecular formula is C17H25N3O. The number of methoxy groups -OCH3 is 1. The van der Waals surface area contributed by atoms with E-state index in [1.807, 2.05) is 24.7 Å². The maximum atomic E-state index is 5.21. The Balaban J connectivity index is 2.03. The highest BCUT2D eigenvalue weighted by Crippen LogP contribution is 2.21. The Morgan fingerprint density at radius 2 is 1.95 bits per heavy atom.